The number of amides is 1. The van der Waals surface area contributed by atoms with Gasteiger partial charge in [-0.05, 0) is 58.8 Å². The van der Waals surface area contributed by atoms with Gasteiger partial charge >= 0.3 is 6.09 Å². The molecule has 1 N–H and O–H groups in total. The molecule has 5 aromatic rings. The fourth-order valence-electron chi connectivity index (χ4n) is 6.00. The maximum atomic E-state index is 13.1. The molecule has 0 aliphatic carbocycles. The van der Waals surface area contributed by atoms with Crippen LogP contribution in [0.1, 0.15) is 41.0 Å². The highest BCUT2D eigenvalue weighted by molar-refractivity contribution is 5.79. The average Bonchev–Trinajstić information content (AvgIpc) is 3.60. The van der Waals surface area contributed by atoms with E-state index in [9.17, 15) is 4.79 Å². The number of H-pyrrole nitrogens is 1. The van der Waals surface area contributed by atoms with Gasteiger partial charge in [0.15, 0.2) is 0 Å². The number of carbonyl (C=O) groups is 1. The van der Waals surface area contributed by atoms with Crippen molar-refractivity contribution in [2.75, 3.05) is 33.4 Å². The smallest absolute Gasteiger partial charge is 0.410 e. The molecule has 0 spiro atoms. The Morgan fingerprint density at radius 2 is 1.68 bits per heavy atom. The molecule has 0 bridgehead atoms. The highest BCUT2D eigenvalue weighted by Crippen LogP contribution is 2.33. The van der Waals surface area contributed by atoms with Crippen molar-refractivity contribution in [1.29, 1.82) is 0 Å². The Hall–Kier alpha value is -4.79. The predicted molar refractivity (Wildman–Crippen MR) is 182 cm³/mol. The molecule has 0 radical (unpaired) electrons. The standard InChI is InChI=1S/C39H42N2O6/c1-43-37-11-6-5-10-33(37)28-44-22-7-23-45-34-16-14-31(15-17-34)35-19-21-41(39(42)47-26-29-8-3-2-4-9-29)25-38(35)46-27-30-12-13-32-18-20-40-36(32)24-30/h2-6,8-18,20,24,35,38,40H,7,19,21-23,25-28H2,1H3. The Bertz CT molecular complexity index is 1700. The molecule has 2 heterocycles. The summed E-state index contributed by atoms with van der Waals surface area (Å²) in [5.74, 6) is 1.78. The minimum atomic E-state index is -0.315. The van der Waals surface area contributed by atoms with Gasteiger partial charge in [0.2, 0.25) is 0 Å². The quantitative estimate of drug-likeness (QED) is 0.125. The lowest BCUT2D eigenvalue weighted by atomic mass is 9.87. The molecule has 1 amide bonds. The van der Waals surface area contributed by atoms with E-state index in [0.29, 0.717) is 39.5 Å². The second-order valence-electron chi connectivity index (χ2n) is 11.8. The minimum Gasteiger partial charge on any atom is -0.496 e. The number of nitrogens with one attached hydrogen (secondary N) is 1. The zero-order valence-corrected chi connectivity index (χ0v) is 26.8. The van der Waals surface area contributed by atoms with Crippen molar-refractivity contribution in [2.24, 2.45) is 0 Å². The molecule has 1 aromatic heterocycles. The van der Waals surface area contributed by atoms with Crippen LogP contribution in [0.4, 0.5) is 4.79 Å². The van der Waals surface area contributed by atoms with Crippen molar-refractivity contribution < 1.29 is 28.5 Å². The van der Waals surface area contributed by atoms with Crippen LogP contribution in [-0.4, -0.2) is 55.5 Å². The summed E-state index contributed by atoms with van der Waals surface area (Å²) in [6, 6.07) is 34.3. The van der Waals surface area contributed by atoms with Gasteiger partial charge in [-0.2, -0.15) is 0 Å². The Balaban J connectivity index is 1.03. The maximum absolute atomic E-state index is 13.1. The van der Waals surface area contributed by atoms with E-state index in [2.05, 4.69) is 41.4 Å². The first-order chi connectivity index (χ1) is 23.2. The molecule has 244 valence electrons. The van der Waals surface area contributed by atoms with Crippen molar-refractivity contribution in [1.82, 2.24) is 9.88 Å². The maximum Gasteiger partial charge on any atom is 0.410 e. The summed E-state index contributed by atoms with van der Waals surface area (Å²) >= 11 is 0. The van der Waals surface area contributed by atoms with E-state index in [1.807, 2.05) is 72.9 Å². The van der Waals surface area contributed by atoms with Crippen LogP contribution in [0, 0.1) is 0 Å². The van der Waals surface area contributed by atoms with E-state index < -0.39 is 0 Å². The molecule has 0 saturated carbocycles. The lowest BCUT2D eigenvalue weighted by molar-refractivity contribution is -0.0245. The van der Waals surface area contributed by atoms with E-state index >= 15 is 0 Å². The summed E-state index contributed by atoms with van der Waals surface area (Å²) in [7, 11) is 1.67. The number of rotatable bonds is 14. The lowest BCUT2D eigenvalue weighted by Crippen LogP contribution is -2.47. The number of hydrogen-bond acceptors (Lipinski definition) is 6. The van der Waals surface area contributed by atoms with Crippen molar-refractivity contribution in [2.45, 2.75) is 44.7 Å². The van der Waals surface area contributed by atoms with Gasteiger partial charge in [0.25, 0.3) is 0 Å². The number of methoxy groups -OCH3 is 1. The number of para-hydroxylation sites is 1. The largest absolute Gasteiger partial charge is 0.496 e. The molecule has 47 heavy (non-hydrogen) atoms. The summed E-state index contributed by atoms with van der Waals surface area (Å²) in [5.41, 5.74) is 5.32. The number of likely N-dealkylation sites (tertiary alicyclic amines) is 1. The first kappa shape index (κ1) is 32.2. The number of ether oxygens (including phenoxy) is 5. The molecular formula is C39H42N2O6. The van der Waals surface area contributed by atoms with E-state index in [0.717, 1.165) is 46.5 Å². The molecule has 2 unspecified atom stereocenters. The first-order valence-electron chi connectivity index (χ1n) is 16.2. The monoisotopic (exact) mass is 634 g/mol. The van der Waals surface area contributed by atoms with Gasteiger partial charge < -0.3 is 33.6 Å². The molecule has 8 heteroatoms. The third-order valence-corrected chi connectivity index (χ3v) is 8.57. The second-order valence-corrected chi connectivity index (χ2v) is 11.8. The second kappa shape index (κ2) is 16.2. The van der Waals surface area contributed by atoms with Crippen molar-refractivity contribution in [3.63, 3.8) is 0 Å². The van der Waals surface area contributed by atoms with E-state index in [1.165, 1.54) is 10.9 Å². The van der Waals surface area contributed by atoms with Crippen LogP contribution in [0.2, 0.25) is 0 Å². The van der Waals surface area contributed by atoms with E-state index in [4.69, 9.17) is 23.7 Å². The third-order valence-electron chi connectivity index (χ3n) is 8.57. The number of aromatic amines is 1. The third kappa shape index (κ3) is 8.73. The molecule has 8 nitrogen and oxygen atoms in total. The summed E-state index contributed by atoms with van der Waals surface area (Å²) in [4.78, 5) is 18.1. The summed E-state index contributed by atoms with van der Waals surface area (Å²) in [6.07, 6.45) is 2.98. The average molecular weight is 635 g/mol. The Labute approximate surface area is 276 Å². The van der Waals surface area contributed by atoms with Gasteiger partial charge in [-0.15, -0.1) is 0 Å². The number of carbonyl (C=O) groups excluding carboxylic acids is 1. The molecule has 2 atom stereocenters. The van der Waals surface area contributed by atoms with Gasteiger partial charge in [-0.1, -0.05) is 72.8 Å². The van der Waals surface area contributed by atoms with Crippen molar-refractivity contribution in [3.05, 3.63) is 132 Å². The topological polar surface area (TPSA) is 82.2 Å². The SMILES string of the molecule is COc1ccccc1COCCCOc1ccc(C2CCN(C(=O)OCc3ccccc3)CC2OCc2ccc3cc[nH]c3c2)cc1. The van der Waals surface area contributed by atoms with Crippen LogP contribution in [0.3, 0.4) is 0 Å². The molecule has 1 saturated heterocycles. The number of aromatic nitrogens is 1. The lowest BCUT2D eigenvalue weighted by Gasteiger charge is -2.38. The highest BCUT2D eigenvalue weighted by atomic mass is 16.6. The van der Waals surface area contributed by atoms with Gasteiger partial charge in [-0.25, -0.2) is 4.79 Å². The molecule has 1 fully saturated rings. The van der Waals surface area contributed by atoms with Crippen LogP contribution in [0.15, 0.2) is 109 Å². The fourth-order valence-corrected chi connectivity index (χ4v) is 6.00. The van der Waals surface area contributed by atoms with Crippen molar-refractivity contribution >= 4 is 17.0 Å². The summed E-state index contributed by atoms with van der Waals surface area (Å²) in [5, 5.41) is 1.17. The van der Waals surface area contributed by atoms with Crippen LogP contribution >= 0.6 is 0 Å². The van der Waals surface area contributed by atoms with Gasteiger partial charge in [0, 0.05) is 36.2 Å². The molecule has 1 aliphatic rings. The number of nitrogens with zero attached hydrogens (tertiary/aromatic N) is 1. The Morgan fingerprint density at radius 1 is 0.851 bits per heavy atom. The molecule has 6 rings (SSSR count). The minimum absolute atomic E-state index is 0.125. The molecule has 4 aromatic carbocycles. The number of piperidine rings is 1. The Kier molecular flexibility index (Phi) is 11.1. The fraction of sp³-hybridized carbons (Fsp3) is 0.308. The number of fused-ring (bicyclic) bond motifs is 1. The number of benzene rings is 4. The van der Waals surface area contributed by atoms with Crippen LogP contribution < -0.4 is 9.47 Å². The normalized spacial score (nSPS) is 16.2. The van der Waals surface area contributed by atoms with Gasteiger partial charge in [0.1, 0.15) is 18.1 Å². The van der Waals surface area contributed by atoms with Gasteiger partial charge in [0.05, 0.1) is 46.2 Å². The summed E-state index contributed by atoms with van der Waals surface area (Å²) in [6.45, 7) is 3.41. The Morgan fingerprint density at radius 3 is 2.53 bits per heavy atom. The predicted octanol–water partition coefficient (Wildman–Crippen LogP) is 7.87. The summed E-state index contributed by atoms with van der Waals surface area (Å²) < 4.78 is 29.5. The van der Waals surface area contributed by atoms with Gasteiger partial charge in [-0.3, -0.25) is 0 Å². The van der Waals surface area contributed by atoms with Crippen LogP contribution in [-0.2, 0) is 34.0 Å². The number of hydrogen-bond donors (Lipinski definition) is 1. The van der Waals surface area contributed by atoms with E-state index in [-0.39, 0.29) is 24.7 Å². The van der Waals surface area contributed by atoms with Crippen molar-refractivity contribution in [3.8, 4) is 11.5 Å². The van der Waals surface area contributed by atoms with E-state index in [1.54, 1.807) is 12.0 Å². The molecular weight excluding hydrogens is 592 g/mol. The van der Waals surface area contributed by atoms with Crippen LogP contribution in [0.25, 0.3) is 10.9 Å². The first-order valence-corrected chi connectivity index (χ1v) is 16.2. The highest BCUT2D eigenvalue weighted by Gasteiger charge is 2.34. The zero-order valence-electron chi connectivity index (χ0n) is 26.8. The zero-order chi connectivity index (χ0) is 32.3. The van der Waals surface area contributed by atoms with Crippen LogP contribution in [0.5, 0.6) is 11.5 Å². The molecule has 1 aliphatic heterocycles.